The standard InChI is InChI=1S/C35H42F3N5O4S/c1-20-16-26(48-4)25(32(44)41-20)18-40-33(45)28-21(2)29(24-8-9-27(39-17-24)43-12-6-5-7-13-43)31-30(22(28)3)46-34(47-31)23-10-14-42(15-11-23)19-35(36,37)38/h8-9,16-17,23,34H,5-7,10-15,18-19H2,1-4H3,(H,40,45)(H,41,44). The van der Waals surface area contributed by atoms with Crippen LogP contribution in [0.5, 0.6) is 11.5 Å². The van der Waals surface area contributed by atoms with Gasteiger partial charge in [0.15, 0.2) is 11.5 Å². The number of aromatic nitrogens is 2. The van der Waals surface area contributed by atoms with Crippen LogP contribution in [0.2, 0.25) is 0 Å². The molecule has 6 rings (SSSR count). The Morgan fingerprint density at radius 2 is 1.75 bits per heavy atom. The second kappa shape index (κ2) is 14.0. The minimum atomic E-state index is -4.24. The first-order valence-corrected chi connectivity index (χ1v) is 17.7. The number of amides is 1. The highest BCUT2D eigenvalue weighted by atomic mass is 32.2. The summed E-state index contributed by atoms with van der Waals surface area (Å²) < 4.78 is 52.0. The van der Waals surface area contributed by atoms with Crippen LogP contribution in [-0.2, 0) is 6.54 Å². The van der Waals surface area contributed by atoms with Crippen LogP contribution < -0.4 is 25.2 Å². The predicted octanol–water partition coefficient (Wildman–Crippen LogP) is 6.38. The number of H-pyrrole nitrogens is 1. The number of nitrogens with zero attached hydrogens (tertiary/aromatic N) is 3. The number of aromatic amines is 1. The van der Waals surface area contributed by atoms with E-state index in [9.17, 15) is 22.8 Å². The first kappa shape index (κ1) is 34.2. The Bertz CT molecular complexity index is 1720. The molecule has 1 amide bonds. The molecular formula is C35H42F3N5O4S. The molecule has 9 nitrogen and oxygen atoms in total. The third kappa shape index (κ3) is 7.17. The van der Waals surface area contributed by atoms with E-state index in [1.165, 1.54) is 23.1 Å². The summed E-state index contributed by atoms with van der Waals surface area (Å²) in [5.74, 6) is 1.38. The summed E-state index contributed by atoms with van der Waals surface area (Å²) in [5.41, 5.74) is 4.13. The van der Waals surface area contributed by atoms with Crippen molar-refractivity contribution < 1.29 is 27.4 Å². The SMILES string of the molecule is CSc1cc(C)[nH]c(=O)c1CNC(=O)c1c(C)c2c(c(-c3ccc(N4CCCCC4)nc3)c1C)OC(C1CCN(CC(F)(F)F)CC1)O2. The molecule has 0 spiro atoms. The van der Waals surface area contributed by atoms with Gasteiger partial charge in [-0.15, -0.1) is 11.8 Å². The largest absolute Gasteiger partial charge is 0.450 e. The van der Waals surface area contributed by atoms with Crippen LogP contribution in [-0.4, -0.2) is 72.2 Å². The van der Waals surface area contributed by atoms with E-state index in [1.807, 2.05) is 45.2 Å². The van der Waals surface area contributed by atoms with Crippen molar-refractivity contribution >= 4 is 23.5 Å². The van der Waals surface area contributed by atoms with Gasteiger partial charge in [-0.2, -0.15) is 13.2 Å². The average molecular weight is 686 g/mol. The first-order valence-electron chi connectivity index (χ1n) is 16.5. The van der Waals surface area contributed by atoms with Crippen molar-refractivity contribution in [3.05, 3.63) is 62.7 Å². The smallest absolute Gasteiger partial charge is 0.401 e. The molecular weight excluding hydrogens is 643 g/mol. The lowest BCUT2D eigenvalue weighted by molar-refractivity contribution is -0.150. The monoisotopic (exact) mass is 685 g/mol. The van der Waals surface area contributed by atoms with Crippen molar-refractivity contribution in [2.75, 3.05) is 43.9 Å². The van der Waals surface area contributed by atoms with Gasteiger partial charge in [0, 0.05) is 70.2 Å². The number of rotatable bonds is 8. The summed E-state index contributed by atoms with van der Waals surface area (Å²) >= 11 is 1.44. The third-order valence-corrected chi connectivity index (χ3v) is 10.4. The number of carbonyl (C=O) groups excluding carboxylic acids is 1. The molecule has 3 aliphatic heterocycles. The molecule has 2 aromatic heterocycles. The van der Waals surface area contributed by atoms with Crippen LogP contribution in [0.3, 0.4) is 0 Å². The lowest BCUT2D eigenvalue weighted by Gasteiger charge is -2.33. The molecule has 2 N–H and O–H groups in total. The highest BCUT2D eigenvalue weighted by molar-refractivity contribution is 7.98. The van der Waals surface area contributed by atoms with Gasteiger partial charge < -0.3 is 24.7 Å². The van der Waals surface area contributed by atoms with E-state index < -0.39 is 19.0 Å². The summed E-state index contributed by atoms with van der Waals surface area (Å²) in [7, 11) is 0. The number of aryl methyl sites for hydroxylation is 1. The zero-order chi connectivity index (χ0) is 34.2. The van der Waals surface area contributed by atoms with Gasteiger partial charge in [-0.3, -0.25) is 14.5 Å². The van der Waals surface area contributed by atoms with Gasteiger partial charge in [0.1, 0.15) is 5.82 Å². The zero-order valence-electron chi connectivity index (χ0n) is 27.8. The van der Waals surface area contributed by atoms with Gasteiger partial charge in [0.05, 0.1) is 6.54 Å². The number of likely N-dealkylation sites (tertiary alicyclic amines) is 1. The van der Waals surface area contributed by atoms with Gasteiger partial charge in [-0.25, -0.2) is 4.98 Å². The fraction of sp³-hybridized carbons (Fsp3) is 0.514. The molecule has 1 unspecified atom stereocenters. The number of hydrogen-bond donors (Lipinski definition) is 2. The first-order chi connectivity index (χ1) is 22.9. The van der Waals surface area contributed by atoms with Crippen molar-refractivity contribution in [1.29, 1.82) is 0 Å². The molecule has 1 atom stereocenters. The zero-order valence-corrected chi connectivity index (χ0v) is 28.6. The molecule has 2 saturated heterocycles. The number of alkyl halides is 3. The third-order valence-electron chi connectivity index (χ3n) is 9.61. The van der Waals surface area contributed by atoms with E-state index in [4.69, 9.17) is 14.5 Å². The molecule has 13 heteroatoms. The summed E-state index contributed by atoms with van der Waals surface area (Å²) in [6.07, 6.45) is 3.19. The number of carbonyl (C=O) groups is 1. The summed E-state index contributed by atoms with van der Waals surface area (Å²) in [6, 6.07) is 5.86. The Morgan fingerprint density at radius 1 is 1.04 bits per heavy atom. The van der Waals surface area contributed by atoms with E-state index in [0.29, 0.717) is 65.2 Å². The number of fused-ring (bicyclic) bond motifs is 1. The maximum absolute atomic E-state index is 14.0. The molecule has 0 saturated carbocycles. The molecule has 1 aromatic carbocycles. The minimum absolute atomic E-state index is 0.0402. The fourth-order valence-electron chi connectivity index (χ4n) is 7.14. The van der Waals surface area contributed by atoms with Crippen molar-refractivity contribution in [2.24, 2.45) is 5.92 Å². The Morgan fingerprint density at radius 3 is 2.40 bits per heavy atom. The molecule has 2 fully saturated rings. The highest BCUT2D eigenvalue weighted by Crippen LogP contribution is 2.50. The minimum Gasteiger partial charge on any atom is -0.450 e. The normalized spacial score (nSPS) is 18.7. The lowest BCUT2D eigenvalue weighted by atomic mass is 9.91. The van der Waals surface area contributed by atoms with E-state index in [2.05, 4.69) is 15.2 Å². The van der Waals surface area contributed by atoms with Crippen molar-refractivity contribution in [3.63, 3.8) is 0 Å². The number of hydrogen-bond acceptors (Lipinski definition) is 8. The van der Waals surface area contributed by atoms with Gasteiger partial charge in [0.25, 0.3) is 11.5 Å². The number of thioether (sulfide) groups is 1. The Kier molecular flexibility index (Phi) is 9.98. The maximum Gasteiger partial charge on any atom is 0.401 e. The quantitative estimate of drug-likeness (QED) is 0.264. The molecule has 5 heterocycles. The number of nitrogens with one attached hydrogen (secondary N) is 2. The lowest BCUT2D eigenvalue weighted by Crippen LogP contribution is -2.43. The highest BCUT2D eigenvalue weighted by Gasteiger charge is 2.40. The summed E-state index contributed by atoms with van der Waals surface area (Å²) in [6.45, 7) is 7.10. The van der Waals surface area contributed by atoms with Crippen LogP contribution in [0.25, 0.3) is 11.1 Å². The maximum atomic E-state index is 14.0. The van der Waals surface area contributed by atoms with Gasteiger partial charge in [-0.05, 0) is 96.0 Å². The second-order valence-electron chi connectivity index (χ2n) is 13.0. The van der Waals surface area contributed by atoms with Crippen molar-refractivity contribution in [1.82, 2.24) is 20.2 Å². The van der Waals surface area contributed by atoms with Gasteiger partial charge in [-0.1, -0.05) is 0 Å². The predicted molar refractivity (Wildman–Crippen MR) is 180 cm³/mol. The molecule has 0 aliphatic carbocycles. The summed E-state index contributed by atoms with van der Waals surface area (Å²) in [4.78, 5) is 38.8. The molecule has 0 bridgehead atoms. The Hall–Kier alpha value is -3.71. The molecule has 3 aliphatic rings. The number of halogens is 3. The second-order valence-corrected chi connectivity index (χ2v) is 13.8. The Balaban J connectivity index is 1.32. The van der Waals surface area contributed by atoms with E-state index in [-0.39, 0.29) is 23.9 Å². The van der Waals surface area contributed by atoms with Crippen LogP contribution in [0.4, 0.5) is 19.0 Å². The number of piperidine rings is 2. The van der Waals surface area contributed by atoms with Crippen molar-refractivity contribution in [2.45, 2.75) is 76.8 Å². The van der Waals surface area contributed by atoms with Crippen LogP contribution >= 0.6 is 11.8 Å². The van der Waals surface area contributed by atoms with E-state index >= 15 is 0 Å². The van der Waals surface area contributed by atoms with Gasteiger partial charge in [0.2, 0.25) is 6.29 Å². The van der Waals surface area contributed by atoms with Crippen LogP contribution in [0.15, 0.2) is 34.1 Å². The fourth-order valence-corrected chi connectivity index (χ4v) is 7.84. The van der Waals surface area contributed by atoms with Crippen LogP contribution in [0, 0.1) is 26.7 Å². The van der Waals surface area contributed by atoms with E-state index in [0.717, 1.165) is 47.9 Å². The topological polar surface area (TPSA) is 99.8 Å². The number of pyridine rings is 2. The molecule has 48 heavy (non-hydrogen) atoms. The number of anilines is 1. The Labute approximate surface area is 282 Å². The average Bonchev–Trinajstić information content (AvgIpc) is 3.50. The van der Waals surface area contributed by atoms with Crippen molar-refractivity contribution in [3.8, 4) is 22.6 Å². The number of benzene rings is 1. The molecule has 0 radical (unpaired) electrons. The van der Waals surface area contributed by atoms with E-state index in [1.54, 1.807) is 6.20 Å². The summed E-state index contributed by atoms with van der Waals surface area (Å²) in [5, 5.41) is 2.96. The molecule has 258 valence electrons. The number of ether oxygens (including phenoxy) is 2. The van der Waals surface area contributed by atoms with Gasteiger partial charge >= 0.3 is 6.18 Å². The van der Waals surface area contributed by atoms with Crippen LogP contribution in [0.1, 0.15) is 64.8 Å². The molecule has 3 aromatic rings.